The molecular weight excluding hydrogens is 352 g/mol. The molecule has 128 valence electrons. The van der Waals surface area contributed by atoms with Crippen LogP contribution in [0.25, 0.3) is 0 Å². The van der Waals surface area contributed by atoms with Gasteiger partial charge in [0, 0.05) is 24.8 Å². The maximum Gasteiger partial charge on any atom is 0.261 e. The summed E-state index contributed by atoms with van der Waals surface area (Å²) in [5.41, 5.74) is 0.385. The highest BCUT2D eigenvalue weighted by molar-refractivity contribution is 7.92. The smallest absolute Gasteiger partial charge is 0.261 e. The number of hydrogen-bond acceptors (Lipinski definition) is 4. The van der Waals surface area contributed by atoms with E-state index in [4.69, 9.17) is 16.3 Å². The van der Waals surface area contributed by atoms with Gasteiger partial charge in [-0.2, -0.15) is 0 Å². The Morgan fingerprint density at radius 2 is 1.67 bits per heavy atom. The first-order valence-corrected chi connectivity index (χ1v) is 8.85. The lowest BCUT2D eigenvalue weighted by molar-refractivity contribution is -0.130. The highest BCUT2D eigenvalue weighted by Gasteiger charge is 2.14. The van der Waals surface area contributed by atoms with Gasteiger partial charge in [-0.15, -0.1) is 0 Å². The lowest BCUT2D eigenvalue weighted by Gasteiger charge is -2.12. The third kappa shape index (κ3) is 4.87. The van der Waals surface area contributed by atoms with E-state index in [-0.39, 0.29) is 17.4 Å². The van der Waals surface area contributed by atoms with E-state index >= 15 is 0 Å². The molecule has 0 aliphatic rings. The summed E-state index contributed by atoms with van der Waals surface area (Å²) in [6.45, 7) is -0.0805. The first kappa shape index (κ1) is 18.1. The normalized spacial score (nSPS) is 11.0. The monoisotopic (exact) mass is 368 g/mol. The first-order valence-electron chi connectivity index (χ1n) is 6.99. The predicted octanol–water partition coefficient (Wildman–Crippen LogP) is 2.61. The number of anilines is 1. The van der Waals surface area contributed by atoms with Crippen molar-refractivity contribution >= 4 is 33.2 Å². The third-order valence-electron chi connectivity index (χ3n) is 3.09. The van der Waals surface area contributed by atoms with Crippen LogP contribution in [0.4, 0.5) is 5.69 Å². The van der Waals surface area contributed by atoms with Crippen LogP contribution in [0.5, 0.6) is 5.75 Å². The molecule has 1 amide bonds. The number of nitrogens with zero attached hydrogens (tertiary/aromatic N) is 1. The van der Waals surface area contributed by atoms with E-state index in [9.17, 15) is 13.2 Å². The number of carbonyl (C=O) groups excluding carboxylic acids is 1. The topological polar surface area (TPSA) is 75.7 Å². The van der Waals surface area contributed by atoms with Gasteiger partial charge in [-0.25, -0.2) is 8.42 Å². The Morgan fingerprint density at radius 1 is 1.08 bits per heavy atom. The van der Waals surface area contributed by atoms with Crippen LogP contribution in [0.2, 0.25) is 5.02 Å². The number of ether oxygens (including phenoxy) is 1. The zero-order valence-corrected chi connectivity index (χ0v) is 14.8. The number of hydrogen-bond donors (Lipinski definition) is 1. The van der Waals surface area contributed by atoms with Gasteiger partial charge in [0.05, 0.1) is 4.90 Å². The molecule has 24 heavy (non-hydrogen) atoms. The van der Waals surface area contributed by atoms with Crippen LogP contribution >= 0.6 is 11.6 Å². The molecule has 2 aromatic rings. The molecule has 0 fully saturated rings. The van der Waals surface area contributed by atoms with Crippen LogP contribution in [-0.2, 0) is 14.8 Å². The maximum atomic E-state index is 12.3. The number of carbonyl (C=O) groups is 1. The summed E-state index contributed by atoms with van der Waals surface area (Å²) in [5.74, 6) is 0.308. The van der Waals surface area contributed by atoms with Gasteiger partial charge in [-0.1, -0.05) is 11.6 Å². The van der Waals surface area contributed by atoms with Gasteiger partial charge in [0.15, 0.2) is 6.61 Å². The van der Waals surface area contributed by atoms with Crippen molar-refractivity contribution < 1.29 is 17.9 Å². The van der Waals surface area contributed by atoms with Crippen molar-refractivity contribution in [3.05, 3.63) is 53.6 Å². The highest BCUT2D eigenvalue weighted by atomic mass is 35.5. The van der Waals surface area contributed by atoms with Gasteiger partial charge in [-0.3, -0.25) is 9.52 Å². The zero-order valence-electron chi connectivity index (χ0n) is 13.2. The van der Waals surface area contributed by atoms with Gasteiger partial charge < -0.3 is 9.64 Å². The Balaban J connectivity index is 2.03. The summed E-state index contributed by atoms with van der Waals surface area (Å²) in [7, 11) is -0.412. The van der Waals surface area contributed by atoms with Crippen LogP contribution in [0.15, 0.2) is 53.4 Å². The summed E-state index contributed by atoms with van der Waals surface area (Å²) in [6, 6.07) is 12.2. The average molecular weight is 369 g/mol. The molecule has 0 saturated carbocycles. The van der Waals surface area contributed by atoms with Crippen molar-refractivity contribution in [2.24, 2.45) is 0 Å². The minimum absolute atomic E-state index is 0.0805. The van der Waals surface area contributed by atoms with Crippen molar-refractivity contribution in [3.63, 3.8) is 0 Å². The first-order chi connectivity index (χ1) is 11.3. The average Bonchev–Trinajstić information content (AvgIpc) is 2.54. The molecule has 2 rings (SSSR count). The zero-order chi connectivity index (χ0) is 17.7. The van der Waals surface area contributed by atoms with Gasteiger partial charge in [-0.05, 0) is 48.5 Å². The molecular formula is C16H17ClN2O4S. The number of nitrogens with one attached hydrogen (secondary N) is 1. The minimum atomic E-state index is -3.69. The molecule has 0 aromatic heterocycles. The van der Waals surface area contributed by atoms with Gasteiger partial charge in [0.2, 0.25) is 0 Å². The molecule has 0 aliphatic heterocycles. The molecule has 0 heterocycles. The van der Waals surface area contributed by atoms with E-state index in [1.54, 1.807) is 38.4 Å². The van der Waals surface area contributed by atoms with Crippen LogP contribution in [-0.4, -0.2) is 39.9 Å². The molecule has 1 N–H and O–H groups in total. The Labute approximate surface area is 146 Å². The number of amides is 1. The van der Waals surface area contributed by atoms with Crippen molar-refractivity contribution in [3.8, 4) is 5.75 Å². The Morgan fingerprint density at radius 3 is 2.21 bits per heavy atom. The largest absolute Gasteiger partial charge is 0.484 e. The van der Waals surface area contributed by atoms with Crippen LogP contribution < -0.4 is 9.46 Å². The number of sulfonamides is 1. The molecule has 0 radical (unpaired) electrons. The summed E-state index contributed by atoms with van der Waals surface area (Å²) >= 11 is 5.75. The summed E-state index contributed by atoms with van der Waals surface area (Å²) < 4.78 is 32.3. The fourth-order valence-corrected chi connectivity index (χ4v) is 2.91. The minimum Gasteiger partial charge on any atom is -0.484 e. The Kier molecular flexibility index (Phi) is 5.69. The van der Waals surface area contributed by atoms with Gasteiger partial charge in [0.25, 0.3) is 15.9 Å². The van der Waals surface area contributed by atoms with Crippen LogP contribution in [0.3, 0.4) is 0 Å². The summed E-state index contributed by atoms with van der Waals surface area (Å²) in [6.07, 6.45) is 0. The number of likely N-dealkylation sites (N-methyl/N-ethyl adjacent to an activating group) is 1. The van der Waals surface area contributed by atoms with Gasteiger partial charge in [0.1, 0.15) is 5.75 Å². The second-order valence-corrected chi connectivity index (χ2v) is 7.28. The molecule has 0 saturated heterocycles. The number of halogens is 1. The van der Waals surface area contributed by atoms with Crippen molar-refractivity contribution in [1.82, 2.24) is 4.90 Å². The fourth-order valence-electron chi connectivity index (χ4n) is 1.72. The van der Waals surface area contributed by atoms with E-state index in [2.05, 4.69) is 4.72 Å². The Hall–Kier alpha value is -2.25. The molecule has 0 spiro atoms. The van der Waals surface area contributed by atoms with Crippen LogP contribution in [0, 0.1) is 0 Å². The summed E-state index contributed by atoms with van der Waals surface area (Å²) in [4.78, 5) is 13.0. The van der Waals surface area contributed by atoms with Crippen molar-refractivity contribution in [1.29, 1.82) is 0 Å². The lowest BCUT2D eigenvalue weighted by atomic mass is 10.3. The third-order valence-corrected chi connectivity index (χ3v) is 4.74. The van der Waals surface area contributed by atoms with E-state index < -0.39 is 10.0 Å². The quantitative estimate of drug-likeness (QED) is 0.850. The van der Waals surface area contributed by atoms with Crippen molar-refractivity contribution in [2.45, 2.75) is 4.90 Å². The van der Waals surface area contributed by atoms with E-state index in [0.717, 1.165) is 0 Å². The SMILES string of the molecule is CN(C)C(=O)COc1ccc(NS(=O)(=O)c2ccc(Cl)cc2)cc1. The molecule has 2 aromatic carbocycles. The predicted molar refractivity (Wildman–Crippen MR) is 92.9 cm³/mol. The maximum absolute atomic E-state index is 12.3. The lowest BCUT2D eigenvalue weighted by Crippen LogP contribution is -2.27. The molecule has 0 bridgehead atoms. The highest BCUT2D eigenvalue weighted by Crippen LogP contribution is 2.20. The van der Waals surface area contributed by atoms with E-state index in [0.29, 0.717) is 16.5 Å². The molecule has 0 atom stereocenters. The molecule has 0 unspecified atom stereocenters. The standard InChI is InChI=1S/C16H17ClN2O4S/c1-19(2)16(20)11-23-14-7-5-13(6-8-14)18-24(21,22)15-9-3-12(17)4-10-15/h3-10,18H,11H2,1-2H3. The van der Waals surface area contributed by atoms with E-state index in [1.807, 2.05) is 0 Å². The molecule has 6 nitrogen and oxygen atoms in total. The van der Waals surface area contributed by atoms with E-state index in [1.165, 1.54) is 29.2 Å². The van der Waals surface area contributed by atoms with Crippen molar-refractivity contribution in [2.75, 3.05) is 25.4 Å². The second-order valence-electron chi connectivity index (χ2n) is 5.16. The fraction of sp³-hybridized carbons (Fsp3) is 0.188. The number of benzene rings is 2. The second kappa shape index (κ2) is 7.55. The van der Waals surface area contributed by atoms with Crippen LogP contribution in [0.1, 0.15) is 0 Å². The Bertz CT molecular complexity index is 803. The number of rotatable bonds is 6. The molecule has 0 aliphatic carbocycles. The van der Waals surface area contributed by atoms with Gasteiger partial charge >= 0.3 is 0 Å². The molecule has 8 heteroatoms. The summed E-state index contributed by atoms with van der Waals surface area (Å²) in [5, 5.41) is 0.461.